The molecule has 1 saturated carbocycles. The average Bonchev–Trinajstić information content (AvgIpc) is 3.47. The highest BCUT2D eigenvalue weighted by atomic mass is 16.5. The van der Waals surface area contributed by atoms with Crippen LogP contribution < -0.4 is 4.74 Å². The van der Waals surface area contributed by atoms with Crippen LogP contribution in [-0.2, 0) is 18.4 Å². The Hall–Kier alpha value is -3.02. The Bertz CT molecular complexity index is 837. The fourth-order valence-electron chi connectivity index (χ4n) is 3.19. The van der Waals surface area contributed by atoms with E-state index in [1.54, 1.807) is 37.5 Å². The highest BCUT2D eigenvalue weighted by Crippen LogP contribution is 2.28. The number of carbonyl (C=O) groups excluding carboxylic acids is 2. The number of aromatic nitrogens is 1. The van der Waals surface area contributed by atoms with Gasteiger partial charge in [-0.1, -0.05) is 6.08 Å². The van der Waals surface area contributed by atoms with Crippen LogP contribution in [0.1, 0.15) is 28.9 Å². The van der Waals surface area contributed by atoms with E-state index in [4.69, 9.17) is 4.74 Å². The standard InChI is InChI=1S/C22H27N3O3/c1-4-13-24(22(27)17-7-11-20(28-3)12-8-17)16-21(26)25(18-9-10-18)15-19-6-5-14-23(19)2/h4-8,11-12,14,18H,1,9-10,13,15-16H2,2-3H3. The van der Waals surface area contributed by atoms with E-state index in [1.807, 2.05) is 34.8 Å². The number of nitrogens with zero attached hydrogens (tertiary/aromatic N) is 3. The minimum Gasteiger partial charge on any atom is -0.497 e. The van der Waals surface area contributed by atoms with Crippen LogP contribution in [0.2, 0.25) is 0 Å². The molecule has 3 rings (SSSR count). The smallest absolute Gasteiger partial charge is 0.254 e. The Morgan fingerprint density at radius 3 is 2.50 bits per heavy atom. The second-order valence-electron chi connectivity index (χ2n) is 7.07. The summed E-state index contributed by atoms with van der Waals surface area (Å²) in [5.41, 5.74) is 1.60. The largest absolute Gasteiger partial charge is 0.497 e. The average molecular weight is 381 g/mol. The van der Waals surface area contributed by atoms with Crippen LogP contribution in [0.25, 0.3) is 0 Å². The molecule has 0 unspecified atom stereocenters. The lowest BCUT2D eigenvalue weighted by atomic mass is 10.2. The number of amides is 2. The molecule has 28 heavy (non-hydrogen) atoms. The number of hydrogen-bond acceptors (Lipinski definition) is 3. The van der Waals surface area contributed by atoms with Gasteiger partial charge in [-0.25, -0.2) is 0 Å². The fraction of sp³-hybridized carbons (Fsp3) is 0.364. The highest BCUT2D eigenvalue weighted by Gasteiger charge is 2.34. The van der Waals surface area contributed by atoms with E-state index >= 15 is 0 Å². The van der Waals surface area contributed by atoms with Crippen molar-refractivity contribution in [3.63, 3.8) is 0 Å². The Balaban J connectivity index is 1.72. The minimum absolute atomic E-state index is 0.0348. The third-order valence-corrected chi connectivity index (χ3v) is 4.99. The molecule has 0 N–H and O–H groups in total. The first-order valence-corrected chi connectivity index (χ1v) is 9.47. The second kappa shape index (κ2) is 8.78. The topological polar surface area (TPSA) is 54.8 Å². The van der Waals surface area contributed by atoms with Gasteiger partial charge >= 0.3 is 0 Å². The van der Waals surface area contributed by atoms with Gasteiger partial charge in [0.1, 0.15) is 12.3 Å². The summed E-state index contributed by atoms with van der Waals surface area (Å²) in [6.45, 7) is 4.65. The summed E-state index contributed by atoms with van der Waals surface area (Å²) >= 11 is 0. The summed E-state index contributed by atoms with van der Waals surface area (Å²) in [6.07, 6.45) is 5.66. The third kappa shape index (κ3) is 4.63. The van der Waals surface area contributed by atoms with Crippen molar-refractivity contribution >= 4 is 11.8 Å². The number of benzene rings is 1. The van der Waals surface area contributed by atoms with Gasteiger partial charge in [-0.2, -0.15) is 0 Å². The number of rotatable bonds is 9. The first-order chi connectivity index (χ1) is 13.5. The van der Waals surface area contributed by atoms with Crippen LogP contribution in [0.15, 0.2) is 55.3 Å². The molecular formula is C22H27N3O3. The van der Waals surface area contributed by atoms with Gasteiger partial charge in [0.25, 0.3) is 5.91 Å². The van der Waals surface area contributed by atoms with Gasteiger partial charge in [0.05, 0.1) is 13.7 Å². The zero-order valence-corrected chi connectivity index (χ0v) is 16.5. The summed E-state index contributed by atoms with van der Waals surface area (Å²) in [5, 5.41) is 0. The summed E-state index contributed by atoms with van der Waals surface area (Å²) in [7, 11) is 3.56. The maximum absolute atomic E-state index is 13.1. The van der Waals surface area contributed by atoms with E-state index in [0.29, 0.717) is 24.4 Å². The van der Waals surface area contributed by atoms with Crippen LogP contribution in [-0.4, -0.2) is 52.4 Å². The van der Waals surface area contributed by atoms with E-state index in [9.17, 15) is 9.59 Å². The normalized spacial score (nSPS) is 13.1. The predicted octanol–water partition coefficient (Wildman–Crippen LogP) is 2.85. The van der Waals surface area contributed by atoms with Crippen LogP contribution in [0, 0.1) is 0 Å². The van der Waals surface area contributed by atoms with Crippen LogP contribution >= 0.6 is 0 Å². The molecular weight excluding hydrogens is 354 g/mol. The van der Waals surface area contributed by atoms with Gasteiger partial charge in [0.2, 0.25) is 5.91 Å². The molecule has 0 saturated heterocycles. The summed E-state index contributed by atoms with van der Waals surface area (Å²) in [5.74, 6) is 0.461. The molecule has 1 aromatic carbocycles. The van der Waals surface area contributed by atoms with Gasteiger partial charge in [0.15, 0.2) is 0 Å². The number of ether oxygens (including phenoxy) is 1. The van der Waals surface area contributed by atoms with E-state index < -0.39 is 0 Å². The lowest BCUT2D eigenvalue weighted by Gasteiger charge is -2.27. The molecule has 2 aromatic rings. The maximum Gasteiger partial charge on any atom is 0.254 e. The summed E-state index contributed by atoms with van der Waals surface area (Å²) < 4.78 is 7.16. The molecule has 1 heterocycles. The number of carbonyl (C=O) groups is 2. The first-order valence-electron chi connectivity index (χ1n) is 9.47. The second-order valence-corrected chi connectivity index (χ2v) is 7.07. The molecule has 1 aliphatic carbocycles. The molecule has 1 aromatic heterocycles. The molecule has 0 aliphatic heterocycles. The van der Waals surface area contributed by atoms with Crippen molar-refractivity contribution < 1.29 is 14.3 Å². The van der Waals surface area contributed by atoms with Crippen LogP contribution in [0.4, 0.5) is 0 Å². The minimum atomic E-state index is -0.189. The molecule has 6 nitrogen and oxygen atoms in total. The number of hydrogen-bond donors (Lipinski definition) is 0. The lowest BCUT2D eigenvalue weighted by molar-refractivity contribution is -0.133. The van der Waals surface area contributed by atoms with E-state index in [2.05, 4.69) is 6.58 Å². The Kier molecular flexibility index (Phi) is 6.19. The summed E-state index contributed by atoms with van der Waals surface area (Å²) in [6, 6.07) is 11.2. The maximum atomic E-state index is 13.1. The SMILES string of the molecule is C=CCN(CC(=O)N(Cc1cccn1C)C1CC1)C(=O)c1ccc(OC)cc1. The van der Waals surface area contributed by atoms with E-state index in [1.165, 1.54) is 4.90 Å². The van der Waals surface area contributed by atoms with Crippen molar-refractivity contribution in [3.8, 4) is 5.75 Å². The zero-order valence-electron chi connectivity index (χ0n) is 16.5. The quantitative estimate of drug-likeness (QED) is 0.628. The van der Waals surface area contributed by atoms with E-state index in [0.717, 1.165) is 18.5 Å². The predicted molar refractivity (Wildman–Crippen MR) is 108 cm³/mol. The molecule has 2 amide bonds. The van der Waals surface area contributed by atoms with Gasteiger partial charge in [-0.15, -0.1) is 6.58 Å². The van der Waals surface area contributed by atoms with Crippen molar-refractivity contribution in [3.05, 3.63) is 66.5 Å². The highest BCUT2D eigenvalue weighted by molar-refractivity contribution is 5.96. The van der Waals surface area contributed by atoms with Crippen molar-refractivity contribution in [1.29, 1.82) is 0 Å². The molecule has 148 valence electrons. The van der Waals surface area contributed by atoms with Gasteiger partial charge < -0.3 is 19.1 Å². The number of aryl methyl sites for hydroxylation is 1. The fourth-order valence-corrected chi connectivity index (χ4v) is 3.19. The number of methoxy groups -OCH3 is 1. The van der Waals surface area contributed by atoms with Crippen LogP contribution in [0.3, 0.4) is 0 Å². The Morgan fingerprint density at radius 1 is 1.25 bits per heavy atom. The molecule has 1 aliphatic rings. The third-order valence-electron chi connectivity index (χ3n) is 4.99. The Morgan fingerprint density at radius 2 is 1.96 bits per heavy atom. The van der Waals surface area contributed by atoms with Gasteiger partial charge in [0, 0.05) is 37.1 Å². The van der Waals surface area contributed by atoms with Gasteiger partial charge in [-0.05, 0) is 49.2 Å². The molecule has 6 heteroatoms. The van der Waals surface area contributed by atoms with Crippen molar-refractivity contribution in [1.82, 2.24) is 14.4 Å². The monoisotopic (exact) mass is 381 g/mol. The van der Waals surface area contributed by atoms with Gasteiger partial charge in [-0.3, -0.25) is 9.59 Å². The summed E-state index contributed by atoms with van der Waals surface area (Å²) in [4.78, 5) is 29.4. The molecule has 0 spiro atoms. The Labute approximate surface area is 166 Å². The lowest BCUT2D eigenvalue weighted by Crippen LogP contribution is -2.43. The molecule has 1 fully saturated rings. The molecule has 0 radical (unpaired) electrons. The first kappa shape index (κ1) is 19.7. The van der Waals surface area contributed by atoms with E-state index in [-0.39, 0.29) is 24.4 Å². The molecule has 0 bridgehead atoms. The van der Waals surface area contributed by atoms with Crippen molar-refractivity contribution in [2.24, 2.45) is 7.05 Å². The molecule has 0 atom stereocenters. The van der Waals surface area contributed by atoms with Crippen molar-refractivity contribution in [2.45, 2.75) is 25.4 Å². The van der Waals surface area contributed by atoms with Crippen LogP contribution in [0.5, 0.6) is 5.75 Å². The zero-order chi connectivity index (χ0) is 20.1. The van der Waals surface area contributed by atoms with Crippen molar-refractivity contribution in [2.75, 3.05) is 20.2 Å².